The van der Waals surface area contributed by atoms with Gasteiger partial charge in [-0.2, -0.15) is 0 Å². The molecule has 138 valence electrons. The largest absolute Gasteiger partial charge is 0.463 e. The maximum Gasteiger partial charge on any atom is 0.261 e. The van der Waals surface area contributed by atoms with Gasteiger partial charge >= 0.3 is 0 Å². The van der Waals surface area contributed by atoms with Crippen molar-refractivity contribution in [1.29, 1.82) is 0 Å². The summed E-state index contributed by atoms with van der Waals surface area (Å²) in [4.78, 5) is 0.0907. The van der Waals surface area contributed by atoms with Crippen molar-refractivity contribution in [3.8, 4) is 11.4 Å². The van der Waals surface area contributed by atoms with Crippen LogP contribution < -0.4 is 10.5 Å². The summed E-state index contributed by atoms with van der Waals surface area (Å²) in [5, 5.41) is 13.4. The van der Waals surface area contributed by atoms with Gasteiger partial charge in [0.2, 0.25) is 0 Å². The number of anilines is 1. The van der Waals surface area contributed by atoms with Gasteiger partial charge in [-0.25, -0.2) is 13.5 Å². The highest BCUT2D eigenvalue weighted by Gasteiger charge is 2.15. The highest BCUT2D eigenvalue weighted by molar-refractivity contribution is 7.92. The minimum atomic E-state index is -3.78. The van der Waals surface area contributed by atoms with Gasteiger partial charge in [0.05, 0.1) is 11.2 Å². The number of aromatic amines is 1. The Balaban J connectivity index is 1.83. The van der Waals surface area contributed by atoms with E-state index in [0.717, 1.165) is 0 Å². The molecule has 0 aliphatic carbocycles. The number of sulfonamides is 1. The van der Waals surface area contributed by atoms with Crippen molar-refractivity contribution < 1.29 is 13.2 Å². The molecule has 3 aromatic rings. The number of nitrogens with two attached hydrogens (primary N) is 1. The Hall–Kier alpha value is -3.66. The normalized spacial score (nSPS) is 11.8. The highest BCUT2D eigenvalue weighted by atomic mass is 32.2. The van der Waals surface area contributed by atoms with Crippen LogP contribution in [0, 0.1) is 0 Å². The topological polar surface area (TPSA) is 136 Å². The van der Waals surface area contributed by atoms with Crippen molar-refractivity contribution >= 4 is 21.5 Å². The van der Waals surface area contributed by atoms with Gasteiger partial charge in [0.25, 0.3) is 10.0 Å². The van der Waals surface area contributed by atoms with Crippen LogP contribution >= 0.6 is 0 Å². The monoisotopic (exact) mass is 384 g/mol. The smallest absolute Gasteiger partial charge is 0.261 e. The molecule has 9 nitrogen and oxygen atoms in total. The molecular formula is C17H16N6O3S. The maximum absolute atomic E-state index is 12.6. The molecule has 0 saturated heterocycles. The molecular weight excluding hydrogens is 368 g/mol. The predicted octanol–water partition coefficient (Wildman–Crippen LogP) is 2.08. The van der Waals surface area contributed by atoms with E-state index in [0.29, 0.717) is 28.4 Å². The molecule has 0 aliphatic heterocycles. The molecule has 0 spiro atoms. The molecule has 4 N–H and O–H groups in total. The van der Waals surface area contributed by atoms with E-state index < -0.39 is 10.0 Å². The summed E-state index contributed by atoms with van der Waals surface area (Å²) in [6.45, 7) is 3.46. The summed E-state index contributed by atoms with van der Waals surface area (Å²) in [7, 11) is -3.78. The Morgan fingerprint density at radius 1 is 1.22 bits per heavy atom. The predicted molar refractivity (Wildman–Crippen MR) is 100 cm³/mol. The Bertz CT molecular complexity index is 1060. The number of ether oxygens (including phenoxy) is 1. The minimum absolute atomic E-state index is 0.0907. The van der Waals surface area contributed by atoms with Crippen molar-refractivity contribution in [3.63, 3.8) is 0 Å². The van der Waals surface area contributed by atoms with Gasteiger partial charge in [-0.1, -0.05) is 18.7 Å². The Kier molecular flexibility index (Phi) is 5.18. The van der Waals surface area contributed by atoms with Gasteiger partial charge in [-0.15, -0.1) is 5.10 Å². The van der Waals surface area contributed by atoms with Crippen LogP contribution in [0.25, 0.3) is 17.1 Å². The quantitative estimate of drug-likeness (QED) is 0.531. The number of benzene rings is 2. The second kappa shape index (κ2) is 7.70. The van der Waals surface area contributed by atoms with Crippen LogP contribution in [0.1, 0.15) is 5.56 Å². The molecule has 0 saturated carbocycles. The molecule has 10 heteroatoms. The third-order valence-electron chi connectivity index (χ3n) is 3.54. The minimum Gasteiger partial charge on any atom is -0.463 e. The van der Waals surface area contributed by atoms with Crippen molar-refractivity contribution in [2.24, 2.45) is 5.73 Å². The summed E-state index contributed by atoms with van der Waals surface area (Å²) in [6.07, 6.45) is 2.51. The van der Waals surface area contributed by atoms with Crippen LogP contribution in [0.4, 0.5) is 5.69 Å². The van der Waals surface area contributed by atoms with Crippen LogP contribution in [0.5, 0.6) is 0 Å². The Morgan fingerprint density at radius 3 is 2.63 bits per heavy atom. The first kappa shape index (κ1) is 18.1. The fraction of sp³-hybridized carbons (Fsp3) is 0. The average Bonchev–Trinajstić information content (AvgIpc) is 3.21. The van der Waals surface area contributed by atoms with E-state index in [1.807, 2.05) is 0 Å². The summed E-state index contributed by atoms with van der Waals surface area (Å²) in [6, 6.07) is 12.8. The lowest BCUT2D eigenvalue weighted by atomic mass is 10.2. The van der Waals surface area contributed by atoms with Crippen LogP contribution in [0.3, 0.4) is 0 Å². The van der Waals surface area contributed by atoms with Crippen LogP contribution in [0.2, 0.25) is 0 Å². The molecule has 1 heterocycles. The fourth-order valence-electron chi connectivity index (χ4n) is 2.32. The van der Waals surface area contributed by atoms with Crippen LogP contribution in [0.15, 0.2) is 72.5 Å². The molecule has 0 bridgehead atoms. The van der Waals surface area contributed by atoms with E-state index in [2.05, 4.69) is 31.9 Å². The molecule has 27 heavy (non-hydrogen) atoms. The van der Waals surface area contributed by atoms with Crippen molar-refractivity contribution in [2.45, 2.75) is 4.90 Å². The van der Waals surface area contributed by atoms with Gasteiger partial charge in [0.15, 0.2) is 5.82 Å². The van der Waals surface area contributed by atoms with Crippen LogP contribution in [-0.4, -0.2) is 29.0 Å². The summed E-state index contributed by atoms with van der Waals surface area (Å²) in [5.74, 6) is 0.805. The van der Waals surface area contributed by atoms with E-state index in [9.17, 15) is 8.42 Å². The fourth-order valence-corrected chi connectivity index (χ4v) is 3.37. The van der Waals surface area contributed by atoms with E-state index in [-0.39, 0.29) is 4.90 Å². The number of hydrogen-bond acceptors (Lipinski definition) is 7. The molecule has 0 unspecified atom stereocenters. The number of rotatable bonds is 7. The van der Waals surface area contributed by atoms with Gasteiger partial charge in [-0.05, 0) is 46.8 Å². The molecule has 2 aromatic carbocycles. The Morgan fingerprint density at radius 2 is 2.00 bits per heavy atom. The second-order valence-corrected chi connectivity index (χ2v) is 6.96. The Labute approximate surface area is 155 Å². The summed E-state index contributed by atoms with van der Waals surface area (Å²) in [5.41, 5.74) is 7.14. The molecule has 3 rings (SSSR count). The number of H-pyrrole nitrogens is 1. The number of nitrogens with one attached hydrogen (secondary N) is 2. The van der Waals surface area contributed by atoms with Crippen molar-refractivity contribution in [1.82, 2.24) is 20.6 Å². The molecule has 0 aliphatic rings. The molecule has 0 atom stereocenters. The van der Waals surface area contributed by atoms with Gasteiger partial charge in [-0.3, -0.25) is 4.72 Å². The molecule has 0 amide bonds. The van der Waals surface area contributed by atoms with Gasteiger partial charge < -0.3 is 10.5 Å². The van der Waals surface area contributed by atoms with E-state index >= 15 is 0 Å². The van der Waals surface area contributed by atoms with E-state index in [4.69, 9.17) is 10.5 Å². The SMILES string of the molecule is C=CO/C(=C\N)c1ccc(S(=O)(=O)Nc2cccc(-c3nnn[nH]3)c2)cc1. The van der Waals surface area contributed by atoms with Crippen LogP contribution in [-0.2, 0) is 14.8 Å². The summed E-state index contributed by atoms with van der Waals surface area (Å²) < 4.78 is 33.0. The second-order valence-electron chi connectivity index (χ2n) is 5.28. The standard InChI is InChI=1S/C17H16N6O3S/c1-2-26-16(11-18)12-6-8-15(9-7-12)27(24,25)21-14-5-3-4-13(10-14)17-19-22-23-20-17/h2-11,21H,1,18H2,(H,19,20,22,23)/b16-11-. The first-order valence-electron chi connectivity index (χ1n) is 7.70. The molecule has 0 fully saturated rings. The van der Waals surface area contributed by atoms with Gasteiger partial charge in [0, 0.05) is 23.0 Å². The molecule has 1 aromatic heterocycles. The maximum atomic E-state index is 12.6. The first-order valence-corrected chi connectivity index (χ1v) is 9.18. The number of hydrogen-bond donors (Lipinski definition) is 3. The third kappa shape index (κ3) is 4.12. The van der Waals surface area contributed by atoms with Crippen molar-refractivity contribution in [3.05, 3.63) is 73.1 Å². The zero-order valence-electron chi connectivity index (χ0n) is 14.0. The first-order chi connectivity index (χ1) is 13.0. The third-order valence-corrected chi connectivity index (χ3v) is 4.94. The zero-order chi connectivity index (χ0) is 19.3. The average molecular weight is 384 g/mol. The zero-order valence-corrected chi connectivity index (χ0v) is 14.8. The van der Waals surface area contributed by atoms with E-state index in [1.165, 1.54) is 24.6 Å². The lowest BCUT2D eigenvalue weighted by Gasteiger charge is -2.10. The van der Waals surface area contributed by atoms with Gasteiger partial charge in [0.1, 0.15) is 5.76 Å². The highest BCUT2D eigenvalue weighted by Crippen LogP contribution is 2.23. The number of nitrogens with zero attached hydrogens (tertiary/aromatic N) is 3. The summed E-state index contributed by atoms with van der Waals surface area (Å²) >= 11 is 0. The lowest BCUT2D eigenvalue weighted by Crippen LogP contribution is -2.13. The number of aromatic nitrogens is 4. The van der Waals surface area contributed by atoms with E-state index in [1.54, 1.807) is 36.4 Å². The molecule has 0 radical (unpaired) electrons. The van der Waals surface area contributed by atoms with Crippen molar-refractivity contribution in [2.75, 3.05) is 4.72 Å². The number of tetrazole rings is 1. The lowest BCUT2D eigenvalue weighted by molar-refractivity contribution is 0.437.